The molecular formula is C42H57N3O9S3. The van der Waals surface area contributed by atoms with Gasteiger partial charge in [-0.15, -0.1) is 4.33 Å². The third-order valence-electron chi connectivity index (χ3n) is 10.3. The van der Waals surface area contributed by atoms with Crippen LogP contribution in [0.15, 0.2) is 82.3 Å². The predicted molar refractivity (Wildman–Crippen MR) is 228 cm³/mol. The SMILES string of the molecule is CCCC[C@H](NC(=O)CCCCC[N+]1=C(/C=C/C=C/C=C2/N(CC)c3ccc(SOOO)cc3C2(C)C)C(C)(C)c2cc(SOO[O-])ccc21)C(=O)C=S(C)(C)=O. The van der Waals surface area contributed by atoms with E-state index in [2.05, 4.69) is 105 Å². The Labute approximate surface area is 346 Å². The van der Waals surface area contributed by atoms with Gasteiger partial charge >= 0.3 is 0 Å². The molecule has 2 N–H and O–H groups in total. The van der Waals surface area contributed by atoms with Crippen LogP contribution in [0.4, 0.5) is 11.4 Å². The van der Waals surface area contributed by atoms with Crippen molar-refractivity contribution in [3.63, 3.8) is 0 Å². The van der Waals surface area contributed by atoms with Gasteiger partial charge in [0.05, 0.1) is 35.5 Å². The van der Waals surface area contributed by atoms with Crippen LogP contribution in [0.3, 0.4) is 0 Å². The highest BCUT2D eigenvalue weighted by Crippen LogP contribution is 2.49. The second-order valence-electron chi connectivity index (χ2n) is 15.5. The van der Waals surface area contributed by atoms with E-state index in [9.17, 15) is 19.1 Å². The van der Waals surface area contributed by atoms with Gasteiger partial charge in [-0.1, -0.05) is 56.9 Å². The number of Topliss-reactive ketones (excluding diaryl/α,β-unsaturated/α-hetero) is 1. The van der Waals surface area contributed by atoms with Crippen molar-refractivity contribution in [3.8, 4) is 0 Å². The predicted octanol–water partition coefficient (Wildman–Crippen LogP) is 7.69. The summed E-state index contributed by atoms with van der Waals surface area (Å²) in [7, 11) is -2.37. The first-order valence-electron chi connectivity index (χ1n) is 19.3. The van der Waals surface area contributed by atoms with Crippen LogP contribution in [0.1, 0.15) is 97.6 Å². The highest BCUT2D eigenvalue weighted by atomic mass is 32.2. The van der Waals surface area contributed by atoms with Gasteiger partial charge in [0, 0.05) is 81.6 Å². The fraction of sp³-hybridized carbons (Fsp3) is 0.476. The summed E-state index contributed by atoms with van der Waals surface area (Å²) >= 11 is 1.81. The van der Waals surface area contributed by atoms with E-state index in [4.69, 9.17) is 5.26 Å². The van der Waals surface area contributed by atoms with Crippen molar-refractivity contribution in [1.29, 1.82) is 0 Å². The smallest absolute Gasteiger partial charge is 0.220 e. The lowest BCUT2D eigenvalue weighted by Gasteiger charge is -2.25. The summed E-state index contributed by atoms with van der Waals surface area (Å²) in [5.41, 5.74) is 6.03. The number of hydrogen-bond acceptors (Lipinski definition) is 12. The molecule has 0 spiro atoms. The van der Waals surface area contributed by atoms with E-state index in [1.54, 1.807) is 0 Å². The summed E-state index contributed by atoms with van der Waals surface area (Å²) in [6, 6.07) is 11.3. The Kier molecular flexibility index (Phi) is 17.2. The number of amides is 1. The number of carbonyl (C=O) groups excluding carboxylic acids is 2. The third kappa shape index (κ3) is 12.1. The van der Waals surface area contributed by atoms with Crippen LogP contribution in [0.2, 0.25) is 0 Å². The molecule has 312 valence electrons. The van der Waals surface area contributed by atoms with Gasteiger partial charge in [0.15, 0.2) is 11.5 Å². The minimum Gasteiger partial charge on any atom is -0.691 e. The van der Waals surface area contributed by atoms with Crippen molar-refractivity contribution >= 4 is 67.8 Å². The van der Waals surface area contributed by atoms with Crippen molar-refractivity contribution < 1.29 is 47.6 Å². The first-order valence-corrected chi connectivity index (χ1v) is 23.2. The zero-order chi connectivity index (χ0) is 41.8. The molecule has 2 aliphatic rings. The van der Waals surface area contributed by atoms with Crippen molar-refractivity contribution in [2.45, 2.75) is 113 Å². The number of likely N-dealkylation sites (N-methyl/N-ethyl adjacent to an activating group) is 1. The van der Waals surface area contributed by atoms with E-state index in [1.165, 1.54) is 17.9 Å². The summed E-state index contributed by atoms with van der Waals surface area (Å²) in [6.07, 6.45) is 18.3. The van der Waals surface area contributed by atoms with Crippen molar-refractivity contribution in [2.75, 3.05) is 30.5 Å². The number of rotatable bonds is 22. The maximum atomic E-state index is 12.9. The van der Waals surface area contributed by atoms with Gasteiger partial charge < -0.3 is 15.5 Å². The topological polar surface area (TPSA) is 150 Å². The molecule has 57 heavy (non-hydrogen) atoms. The zero-order valence-corrected chi connectivity index (χ0v) is 36.7. The van der Waals surface area contributed by atoms with Crippen LogP contribution in [0.25, 0.3) is 0 Å². The summed E-state index contributed by atoms with van der Waals surface area (Å²) in [4.78, 5) is 29.5. The Morgan fingerprint density at radius 1 is 0.947 bits per heavy atom. The number of ketones is 1. The number of allylic oxidation sites excluding steroid dienone is 6. The number of fused-ring (bicyclic) bond motifs is 2. The molecule has 0 unspecified atom stereocenters. The second kappa shape index (κ2) is 21.1. The monoisotopic (exact) mass is 843 g/mol. The summed E-state index contributed by atoms with van der Waals surface area (Å²) in [5.74, 6) is -0.459. The van der Waals surface area contributed by atoms with Gasteiger partial charge in [0.1, 0.15) is 6.54 Å². The molecule has 0 saturated heterocycles. The Bertz CT molecular complexity index is 1990. The van der Waals surface area contributed by atoms with Crippen molar-refractivity contribution in [1.82, 2.24) is 5.32 Å². The molecule has 2 aromatic carbocycles. The van der Waals surface area contributed by atoms with E-state index in [1.807, 2.05) is 37.3 Å². The van der Waals surface area contributed by atoms with Gasteiger partial charge in [-0.3, -0.25) is 18.8 Å². The Hall–Kier alpha value is -3.25. The average molecular weight is 844 g/mol. The van der Waals surface area contributed by atoms with E-state index < -0.39 is 15.6 Å². The van der Waals surface area contributed by atoms with E-state index in [0.717, 1.165) is 107 Å². The largest absolute Gasteiger partial charge is 0.691 e. The molecule has 1 atom stereocenters. The number of hydrogen-bond donors (Lipinski definition) is 2. The van der Waals surface area contributed by atoms with Gasteiger partial charge in [-0.05, 0) is 91.5 Å². The lowest BCUT2D eigenvalue weighted by atomic mass is 9.81. The molecule has 2 aromatic rings. The van der Waals surface area contributed by atoms with Crippen molar-refractivity contribution in [3.05, 3.63) is 83.6 Å². The molecule has 0 aromatic heterocycles. The summed E-state index contributed by atoms with van der Waals surface area (Å²) < 4.78 is 23.8. The number of carbonyl (C=O) groups is 2. The Morgan fingerprint density at radius 2 is 1.65 bits per heavy atom. The molecule has 1 amide bonds. The number of nitrogens with one attached hydrogen (secondary N) is 1. The van der Waals surface area contributed by atoms with Crippen molar-refractivity contribution in [2.24, 2.45) is 0 Å². The lowest BCUT2D eigenvalue weighted by molar-refractivity contribution is -0.777. The van der Waals surface area contributed by atoms with Crippen LogP contribution in [-0.2, 0) is 48.7 Å². The van der Waals surface area contributed by atoms with Gasteiger partial charge in [-0.2, -0.15) is 8.91 Å². The molecule has 0 bridgehead atoms. The van der Waals surface area contributed by atoms with Crippen LogP contribution < -0.4 is 15.5 Å². The first-order chi connectivity index (χ1) is 27.1. The first kappa shape index (κ1) is 46.4. The number of nitrogens with zero attached hydrogens (tertiary/aromatic N) is 2. The molecule has 2 heterocycles. The van der Waals surface area contributed by atoms with E-state index in [0.29, 0.717) is 19.3 Å². The van der Waals surface area contributed by atoms with Crippen LogP contribution in [0, 0.1) is 0 Å². The second-order valence-corrected chi connectivity index (χ2v) is 19.9. The quantitative estimate of drug-likeness (QED) is 0.0228. The van der Waals surface area contributed by atoms with Gasteiger partial charge in [-0.25, -0.2) is 5.26 Å². The molecule has 2 aliphatic heterocycles. The van der Waals surface area contributed by atoms with E-state index in [-0.39, 0.29) is 22.5 Å². The van der Waals surface area contributed by atoms with Crippen LogP contribution in [0.5, 0.6) is 0 Å². The summed E-state index contributed by atoms with van der Waals surface area (Å²) in [5, 5.41) is 30.7. The molecule has 0 radical (unpaired) electrons. The van der Waals surface area contributed by atoms with Crippen LogP contribution >= 0.6 is 24.1 Å². The fourth-order valence-corrected chi connectivity index (χ4v) is 9.03. The number of anilines is 1. The minimum atomic E-state index is -2.37. The van der Waals surface area contributed by atoms with Crippen LogP contribution in [-0.4, -0.2) is 68.5 Å². The highest BCUT2D eigenvalue weighted by molar-refractivity contribution is 8.01. The minimum absolute atomic E-state index is 0.172. The fourth-order valence-electron chi connectivity index (χ4n) is 7.51. The van der Waals surface area contributed by atoms with Gasteiger partial charge in [0.25, 0.3) is 0 Å². The molecule has 0 aliphatic carbocycles. The highest BCUT2D eigenvalue weighted by Gasteiger charge is 2.44. The Balaban J connectivity index is 1.50. The normalized spacial score (nSPS) is 17.2. The molecular weight excluding hydrogens is 787 g/mol. The zero-order valence-electron chi connectivity index (χ0n) is 34.2. The maximum absolute atomic E-state index is 12.9. The number of benzene rings is 2. The average Bonchev–Trinajstić information content (AvgIpc) is 3.50. The molecule has 0 fully saturated rings. The standard InChI is InChI=1S/C42H57N3O9S3/c1-9-11-18-34(37(46)29-57(7,8)50)43-40(47)21-16-13-17-26-45-36-25-23-31(56-54-52-49)28-33(36)42(5,6)39(45)20-15-12-14-19-38-41(3,4)32-27-30(55-53-51-48)22-24-35(32)44(38)10-2/h12,14-15,19-20,22-25,27-29,34H,9-11,13,16-18,21,26H2,1-8H3,(H2-,43,47,48,49)/t34-/m0/s1. The molecule has 0 saturated carbocycles. The summed E-state index contributed by atoms with van der Waals surface area (Å²) in [6.45, 7) is 14.4. The Morgan fingerprint density at radius 3 is 2.32 bits per heavy atom. The van der Waals surface area contributed by atoms with Gasteiger partial charge in [0.2, 0.25) is 11.6 Å². The number of unbranched alkanes of at least 4 members (excludes halogenated alkanes) is 3. The molecule has 15 heteroatoms. The maximum Gasteiger partial charge on any atom is 0.220 e. The lowest BCUT2D eigenvalue weighted by Crippen LogP contribution is -2.42. The van der Waals surface area contributed by atoms with E-state index >= 15 is 0 Å². The molecule has 12 nitrogen and oxygen atoms in total. The molecule has 4 rings (SSSR count). The third-order valence-corrected chi connectivity index (χ3v) is 12.2.